The van der Waals surface area contributed by atoms with E-state index in [1.54, 1.807) is 5.38 Å². The van der Waals surface area contributed by atoms with E-state index in [0.717, 1.165) is 0 Å². The summed E-state index contributed by atoms with van der Waals surface area (Å²) in [6.45, 7) is -0.0271. The van der Waals surface area contributed by atoms with Gasteiger partial charge in [-0.2, -0.15) is 5.26 Å². The van der Waals surface area contributed by atoms with E-state index in [1.165, 1.54) is 18.4 Å². The van der Waals surface area contributed by atoms with Crippen LogP contribution in [-0.4, -0.2) is 29.8 Å². The highest BCUT2D eigenvalue weighted by atomic mass is 32.1. The van der Waals surface area contributed by atoms with Gasteiger partial charge in [0.2, 0.25) is 0 Å². The van der Waals surface area contributed by atoms with E-state index < -0.39 is 11.4 Å². The Morgan fingerprint density at radius 3 is 3.19 bits per heavy atom. The summed E-state index contributed by atoms with van der Waals surface area (Å²) in [5.74, 6) is -0.564. The second-order valence-electron chi connectivity index (χ2n) is 3.70. The molecule has 16 heavy (non-hydrogen) atoms. The zero-order chi connectivity index (χ0) is 11.8. The van der Waals surface area contributed by atoms with E-state index in [9.17, 15) is 4.79 Å². The average Bonchev–Trinajstić information content (AvgIpc) is 2.85. The quantitative estimate of drug-likeness (QED) is 0.784. The third-order valence-corrected chi connectivity index (χ3v) is 3.83. The monoisotopic (exact) mass is 238 g/mol. The Labute approximate surface area is 96.3 Å². The minimum Gasteiger partial charge on any atom is -0.464 e. The van der Waals surface area contributed by atoms with Crippen molar-refractivity contribution in [2.75, 3.05) is 13.7 Å². The van der Waals surface area contributed by atoms with Gasteiger partial charge in [-0.15, -0.1) is 11.3 Å². The second-order valence-corrected chi connectivity index (χ2v) is 4.55. The van der Waals surface area contributed by atoms with Gasteiger partial charge < -0.3 is 9.84 Å². The highest BCUT2D eigenvalue weighted by molar-refractivity contribution is 7.10. The molecule has 5 nitrogen and oxygen atoms in total. The van der Waals surface area contributed by atoms with Crippen LogP contribution in [-0.2, 0) is 10.2 Å². The molecule has 1 N–H and O–H groups in total. The summed E-state index contributed by atoms with van der Waals surface area (Å²) < 4.78 is 4.54. The van der Waals surface area contributed by atoms with Crippen LogP contribution < -0.4 is 0 Å². The van der Waals surface area contributed by atoms with Crippen LogP contribution in [0.25, 0.3) is 0 Å². The minimum absolute atomic E-state index is 0.0271. The number of thiazole rings is 1. The number of hydrogen-bond acceptors (Lipinski definition) is 6. The number of rotatable bonds is 3. The van der Waals surface area contributed by atoms with Gasteiger partial charge in [0.15, 0.2) is 5.69 Å². The molecule has 0 spiro atoms. The van der Waals surface area contributed by atoms with E-state index in [4.69, 9.17) is 10.4 Å². The molecule has 2 unspecified atom stereocenters. The lowest BCUT2D eigenvalue weighted by Crippen LogP contribution is -2.10. The van der Waals surface area contributed by atoms with Crippen molar-refractivity contribution in [1.29, 1.82) is 5.26 Å². The molecule has 84 valence electrons. The summed E-state index contributed by atoms with van der Waals surface area (Å²) in [4.78, 5) is 15.3. The molecule has 2 rings (SSSR count). The predicted molar refractivity (Wildman–Crippen MR) is 55.9 cm³/mol. The largest absolute Gasteiger partial charge is 0.464 e. The number of aromatic nitrogens is 1. The van der Waals surface area contributed by atoms with Crippen molar-refractivity contribution in [3.63, 3.8) is 0 Å². The fraction of sp³-hybridized carbons (Fsp3) is 0.500. The van der Waals surface area contributed by atoms with Gasteiger partial charge in [-0.05, 0) is 6.42 Å². The van der Waals surface area contributed by atoms with Crippen LogP contribution >= 0.6 is 11.3 Å². The summed E-state index contributed by atoms with van der Waals surface area (Å²) in [5, 5.41) is 20.3. The molecule has 1 fully saturated rings. The molecule has 1 aromatic heterocycles. The van der Waals surface area contributed by atoms with Crippen molar-refractivity contribution >= 4 is 17.3 Å². The van der Waals surface area contributed by atoms with Gasteiger partial charge >= 0.3 is 5.97 Å². The number of nitrogens with zero attached hydrogens (tertiary/aromatic N) is 2. The van der Waals surface area contributed by atoms with Crippen molar-refractivity contribution in [2.45, 2.75) is 11.8 Å². The van der Waals surface area contributed by atoms with Crippen LogP contribution in [0.5, 0.6) is 0 Å². The third kappa shape index (κ3) is 1.49. The van der Waals surface area contributed by atoms with Gasteiger partial charge in [-0.25, -0.2) is 9.78 Å². The highest BCUT2D eigenvalue weighted by Gasteiger charge is 2.58. The number of aliphatic hydroxyl groups is 1. The van der Waals surface area contributed by atoms with E-state index in [-0.39, 0.29) is 18.2 Å². The molecule has 0 aromatic carbocycles. The molecule has 1 aromatic rings. The lowest BCUT2D eigenvalue weighted by molar-refractivity contribution is 0.0594. The predicted octanol–water partition coefficient (Wildman–Crippen LogP) is 0.703. The van der Waals surface area contributed by atoms with E-state index in [0.29, 0.717) is 11.4 Å². The van der Waals surface area contributed by atoms with Crippen molar-refractivity contribution in [1.82, 2.24) is 4.98 Å². The number of ether oxygens (including phenoxy) is 1. The Hall–Kier alpha value is -1.45. The SMILES string of the molecule is COC(=O)c1csc(C2(C#N)CC2CO)n1. The molecular weight excluding hydrogens is 228 g/mol. The average molecular weight is 238 g/mol. The minimum atomic E-state index is -0.689. The maximum absolute atomic E-state index is 11.2. The van der Waals surface area contributed by atoms with Crippen molar-refractivity contribution in [2.24, 2.45) is 5.92 Å². The van der Waals surface area contributed by atoms with Crippen LogP contribution in [0, 0.1) is 17.2 Å². The number of nitriles is 1. The van der Waals surface area contributed by atoms with E-state index in [2.05, 4.69) is 15.8 Å². The van der Waals surface area contributed by atoms with Gasteiger partial charge in [0.25, 0.3) is 0 Å². The maximum atomic E-state index is 11.2. The number of aliphatic hydroxyl groups excluding tert-OH is 1. The Balaban J connectivity index is 2.26. The standard InChI is InChI=1S/C10H10N2O3S/c1-15-8(14)7-4-16-9(12-7)10(5-11)2-6(10)3-13/h4,6,13H,2-3H2,1H3. The molecule has 0 bridgehead atoms. The highest BCUT2D eigenvalue weighted by Crippen LogP contribution is 2.54. The molecule has 1 saturated carbocycles. The van der Waals surface area contributed by atoms with Crippen LogP contribution in [0.1, 0.15) is 21.9 Å². The Bertz CT molecular complexity index is 465. The molecule has 1 aliphatic carbocycles. The maximum Gasteiger partial charge on any atom is 0.357 e. The number of hydrogen-bond donors (Lipinski definition) is 1. The molecule has 2 atom stereocenters. The van der Waals surface area contributed by atoms with Crippen LogP contribution in [0.2, 0.25) is 0 Å². The van der Waals surface area contributed by atoms with E-state index in [1.807, 2.05) is 0 Å². The number of esters is 1. The molecule has 0 aliphatic heterocycles. The first-order chi connectivity index (χ1) is 7.67. The summed E-state index contributed by atoms with van der Waals surface area (Å²) in [6, 6.07) is 2.18. The molecule has 1 heterocycles. The summed E-state index contributed by atoms with van der Waals surface area (Å²) in [6.07, 6.45) is 0.605. The second kappa shape index (κ2) is 3.85. The zero-order valence-corrected chi connectivity index (χ0v) is 9.45. The first-order valence-electron chi connectivity index (χ1n) is 4.74. The van der Waals surface area contributed by atoms with Gasteiger partial charge in [0.05, 0.1) is 13.2 Å². The Morgan fingerprint density at radius 2 is 2.69 bits per heavy atom. The van der Waals surface area contributed by atoms with Crippen molar-refractivity contribution < 1.29 is 14.6 Å². The Morgan fingerprint density at radius 1 is 1.94 bits per heavy atom. The molecular formula is C10H10N2O3S. The summed E-state index contributed by atoms with van der Waals surface area (Å²) in [7, 11) is 1.29. The molecule has 1 aliphatic rings. The fourth-order valence-electron chi connectivity index (χ4n) is 1.67. The van der Waals surface area contributed by atoms with Gasteiger partial charge in [-0.3, -0.25) is 0 Å². The molecule has 0 amide bonds. The first-order valence-corrected chi connectivity index (χ1v) is 5.62. The number of methoxy groups -OCH3 is 1. The van der Waals surface area contributed by atoms with Crippen LogP contribution in [0.4, 0.5) is 0 Å². The zero-order valence-electron chi connectivity index (χ0n) is 8.64. The molecule has 0 radical (unpaired) electrons. The summed E-state index contributed by atoms with van der Waals surface area (Å²) in [5.41, 5.74) is -0.466. The smallest absolute Gasteiger partial charge is 0.357 e. The Kier molecular flexibility index (Phi) is 2.66. The topological polar surface area (TPSA) is 83.2 Å². The van der Waals surface area contributed by atoms with Gasteiger partial charge in [0, 0.05) is 17.9 Å². The van der Waals surface area contributed by atoms with Crippen LogP contribution in [0.15, 0.2) is 5.38 Å². The lowest BCUT2D eigenvalue weighted by Gasteiger charge is -2.01. The van der Waals surface area contributed by atoms with Crippen molar-refractivity contribution in [3.05, 3.63) is 16.1 Å². The van der Waals surface area contributed by atoms with Gasteiger partial charge in [0.1, 0.15) is 10.4 Å². The van der Waals surface area contributed by atoms with E-state index >= 15 is 0 Å². The first kappa shape index (κ1) is 11.0. The third-order valence-electron chi connectivity index (χ3n) is 2.81. The molecule has 0 saturated heterocycles. The lowest BCUT2D eigenvalue weighted by atomic mass is 10.1. The number of carbonyl (C=O) groups is 1. The van der Waals surface area contributed by atoms with Crippen molar-refractivity contribution in [3.8, 4) is 6.07 Å². The van der Waals surface area contributed by atoms with Gasteiger partial charge in [-0.1, -0.05) is 0 Å². The summed E-state index contributed by atoms with van der Waals surface area (Å²) >= 11 is 1.26. The number of carbonyl (C=O) groups excluding carboxylic acids is 1. The molecule has 6 heteroatoms. The normalized spacial score (nSPS) is 27.2. The van der Waals surface area contributed by atoms with Crippen LogP contribution in [0.3, 0.4) is 0 Å². The fourth-order valence-corrected chi connectivity index (χ4v) is 2.70.